The standard InChI is InChI=1S/C20H40O2/c1-19(2,3)14-10-6-8-12-18(22)13-9-7-11-15-20(4,5)16-17-21/h21H,6-17H2,1-5H3. The van der Waals surface area contributed by atoms with Crippen LogP contribution in [0.4, 0.5) is 0 Å². The molecular weight excluding hydrogens is 272 g/mol. The molecule has 0 aromatic carbocycles. The maximum absolute atomic E-state index is 11.8. The zero-order chi connectivity index (χ0) is 17.1. The zero-order valence-corrected chi connectivity index (χ0v) is 15.8. The van der Waals surface area contributed by atoms with E-state index in [-0.39, 0.29) is 12.0 Å². The van der Waals surface area contributed by atoms with Crippen molar-refractivity contribution in [2.24, 2.45) is 10.8 Å². The molecule has 22 heavy (non-hydrogen) atoms. The summed E-state index contributed by atoms with van der Waals surface area (Å²) >= 11 is 0. The predicted molar refractivity (Wildman–Crippen MR) is 96.1 cm³/mol. The minimum absolute atomic E-state index is 0.242. The Morgan fingerprint density at radius 3 is 1.68 bits per heavy atom. The number of hydrogen-bond donors (Lipinski definition) is 1. The smallest absolute Gasteiger partial charge is 0.132 e. The molecule has 0 unspecified atom stereocenters. The van der Waals surface area contributed by atoms with Gasteiger partial charge in [-0.25, -0.2) is 0 Å². The fourth-order valence-electron chi connectivity index (χ4n) is 2.81. The van der Waals surface area contributed by atoms with E-state index in [4.69, 9.17) is 5.11 Å². The van der Waals surface area contributed by atoms with Crippen LogP contribution < -0.4 is 0 Å². The second kappa shape index (κ2) is 11.2. The lowest BCUT2D eigenvalue weighted by molar-refractivity contribution is -0.119. The van der Waals surface area contributed by atoms with Crippen LogP contribution in [0.15, 0.2) is 0 Å². The van der Waals surface area contributed by atoms with E-state index in [2.05, 4.69) is 34.6 Å². The van der Waals surface area contributed by atoms with Crippen molar-refractivity contribution in [3.8, 4) is 0 Å². The molecule has 0 rings (SSSR count). The SMILES string of the molecule is CC(C)(C)CCCCCC(=O)CCCCCC(C)(C)CCO. The van der Waals surface area contributed by atoms with Crippen LogP contribution >= 0.6 is 0 Å². The van der Waals surface area contributed by atoms with Crippen LogP contribution in [-0.4, -0.2) is 17.5 Å². The number of unbranched alkanes of at least 4 members (excludes halogenated alkanes) is 4. The highest BCUT2D eigenvalue weighted by molar-refractivity contribution is 5.78. The van der Waals surface area contributed by atoms with Crippen LogP contribution in [-0.2, 0) is 4.79 Å². The molecule has 0 spiro atoms. The topological polar surface area (TPSA) is 37.3 Å². The maximum Gasteiger partial charge on any atom is 0.132 e. The van der Waals surface area contributed by atoms with Crippen molar-refractivity contribution in [1.82, 2.24) is 0 Å². The summed E-state index contributed by atoms with van der Waals surface area (Å²) in [6.07, 6.45) is 11.7. The Kier molecular flexibility index (Phi) is 11.0. The van der Waals surface area contributed by atoms with Crippen LogP contribution in [0.2, 0.25) is 0 Å². The molecule has 0 atom stereocenters. The van der Waals surface area contributed by atoms with Gasteiger partial charge in [-0.2, -0.15) is 0 Å². The highest BCUT2D eigenvalue weighted by atomic mass is 16.3. The van der Waals surface area contributed by atoms with Crippen molar-refractivity contribution in [2.75, 3.05) is 6.61 Å². The highest BCUT2D eigenvalue weighted by Gasteiger charge is 2.16. The number of aliphatic hydroxyl groups is 1. The highest BCUT2D eigenvalue weighted by Crippen LogP contribution is 2.27. The Balaban J connectivity index is 3.47. The fourth-order valence-corrected chi connectivity index (χ4v) is 2.81. The lowest BCUT2D eigenvalue weighted by atomic mass is 9.84. The normalized spacial score (nSPS) is 12.6. The summed E-state index contributed by atoms with van der Waals surface area (Å²) in [5.41, 5.74) is 0.666. The molecule has 0 saturated heterocycles. The Hall–Kier alpha value is -0.370. The van der Waals surface area contributed by atoms with Crippen LogP contribution in [0.1, 0.15) is 105 Å². The zero-order valence-electron chi connectivity index (χ0n) is 15.8. The van der Waals surface area contributed by atoms with E-state index in [1.165, 1.54) is 25.7 Å². The van der Waals surface area contributed by atoms with E-state index in [0.29, 0.717) is 11.2 Å². The van der Waals surface area contributed by atoms with Gasteiger partial charge >= 0.3 is 0 Å². The van der Waals surface area contributed by atoms with Crippen molar-refractivity contribution < 1.29 is 9.90 Å². The molecule has 0 fully saturated rings. The van der Waals surface area contributed by atoms with E-state index in [0.717, 1.165) is 44.9 Å². The van der Waals surface area contributed by atoms with Gasteiger partial charge in [-0.15, -0.1) is 0 Å². The van der Waals surface area contributed by atoms with Gasteiger partial charge in [0.05, 0.1) is 0 Å². The minimum Gasteiger partial charge on any atom is -0.396 e. The van der Waals surface area contributed by atoms with Gasteiger partial charge in [0, 0.05) is 19.4 Å². The van der Waals surface area contributed by atoms with Gasteiger partial charge in [0.15, 0.2) is 0 Å². The molecule has 132 valence electrons. The fraction of sp³-hybridized carbons (Fsp3) is 0.950. The largest absolute Gasteiger partial charge is 0.396 e. The van der Waals surface area contributed by atoms with Gasteiger partial charge in [0.2, 0.25) is 0 Å². The number of aliphatic hydroxyl groups excluding tert-OH is 1. The van der Waals surface area contributed by atoms with Gasteiger partial charge < -0.3 is 5.11 Å². The first kappa shape index (κ1) is 21.6. The van der Waals surface area contributed by atoms with Gasteiger partial charge in [-0.3, -0.25) is 4.79 Å². The molecule has 0 radical (unpaired) electrons. The Bertz CT molecular complexity index is 287. The first-order valence-corrected chi connectivity index (χ1v) is 9.29. The van der Waals surface area contributed by atoms with Crippen molar-refractivity contribution >= 4 is 5.78 Å². The number of Topliss-reactive ketones (excluding diaryl/α,β-unsaturated/α-hetero) is 1. The van der Waals surface area contributed by atoms with Crippen molar-refractivity contribution in [3.05, 3.63) is 0 Å². The van der Waals surface area contributed by atoms with Crippen LogP contribution in [0, 0.1) is 10.8 Å². The molecule has 1 N–H and O–H groups in total. The Morgan fingerprint density at radius 1 is 0.727 bits per heavy atom. The van der Waals surface area contributed by atoms with Crippen LogP contribution in [0.3, 0.4) is 0 Å². The van der Waals surface area contributed by atoms with Gasteiger partial charge in [-0.05, 0) is 42.9 Å². The predicted octanol–water partition coefficient (Wildman–Crippen LogP) is 5.91. The van der Waals surface area contributed by atoms with Gasteiger partial charge in [-0.1, -0.05) is 60.3 Å². The van der Waals surface area contributed by atoms with Crippen LogP contribution in [0.5, 0.6) is 0 Å². The average Bonchev–Trinajstić information content (AvgIpc) is 2.36. The van der Waals surface area contributed by atoms with Crippen molar-refractivity contribution in [1.29, 1.82) is 0 Å². The molecule has 0 aliphatic heterocycles. The molecule has 0 aliphatic rings. The first-order chi connectivity index (χ1) is 10.2. The molecule has 2 heteroatoms. The summed E-state index contributed by atoms with van der Waals surface area (Å²) in [5.74, 6) is 0.449. The summed E-state index contributed by atoms with van der Waals surface area (Å²) < 4.78 is 0. The van der Waals surface area contributed by atoms with Crippen molar-refractivity contribution in [3.63, 3.8) is 0 Å². The van der Waals surface area contributed by atoms with E-state index < -0.39 is 0 Å². The number of carbonyl (C=O) groups excluding carboxylic acids is 1. The van der Waals surface area contributed by atoms with Gasteiger partial charge in [0.1, 0.15) is 5.78 Å². The van der Waals surface area contributed by atoms with E-state index in [9.17, 15) is 4.79 Å². The third-order valence-corrected chi connectivity index (χ3v) is 4.48. The Morgan fingerprint density at radius 2 is 1.23 bits per heavy atom. The third kappa shape index (κ3) is 14.6. The summed E-state index contributed by atoms with van der Waals surface area (Å²) in [7, 11) is 0. The molecule has 0 heterocycles. The lowest BCUT2D eigenvalue weighted by Gasteiger charge is -2.23. The number of carbonyl (C=O) groups is 1. The molecule has 0 bridgehead atoms. The summed E-state index contributed by atoms with van der Waals surface area (Å²) in [5, 5.41) is 9.00. The van der Waals surface area contributed by atoms with Crippen molar-refractivity contribution in [2.45, 2.75) is 105 Å². The molecule has 0 saturated carbocycles. The van der Waals surface area contributed by atoms with Crippen LogP contribution in [0.25, 0.3) is 0 Å². The summed E-state index contributed by atoms with van der Waals surface area (Å²) in [6.45, 7) is 11.5. The Labute approximate surface area is 139 Å². The van der Waals surface area contributed by atoms with E-state index in [1.54, 1.807) is 0 Å². The molecule has 0 aromatic rings. The minimum atomic E-state index is 0.242. The summed E-state index contributed by atoms with van der Waals surface area (Å²) in [4.78, 5) is 11.8. The van der Waals surface area contributed by atoms with Gasteiger partial charge in [0.25, 0.3) is 0 Å². The molecule has 0 aliphatic carbocycles. The quantitative estimate of drug-likeness (QED) is 0.429. The second-order valence-electron chi connectivity index (χ2n) is 8.86. The monoisotopic (exact) mass is 312 g/mol. The third-order valence-electron chi connectivity index (χ3n) is 4.48. The average molecular weight is 313 g/mol. The van der Waals surface area contributed by atoms with E-state index in [1.807, 2.05) is 0 Å². The molecular formula is C20H40O2. The molecule has 0 amide bonds. The van der Waals surface area contributed by atoms with E-state index >= 15 is 0 Å². The maximum atomic E-state index is 11.8. The lowest BCUT2D eigenvalue weighted by Crippen LogP contribution is -2.13. The number of ketones is 1. The number of rotatable bonds is 13. The molecule has 2 nitrogen and oxygen atoms in total. The first-order valence-electron chi connectivity index (χ1n) is 9.29. The summed E-state index contributed by atoms with van der Waals surface area (Å²) in [6, 6.07) is 0. The molecule has 0 aromatic heterocycles. The second-order valence-corrected chi connectivity index (χ2v) is 8.86. The number of hydrogen-bond acceptors (Lipinski definition) is 2.